The Morgan fingerprint density at radius 1 is 1.60 bits per heavy atom. The van der Waals surface area contributed by atoms with Crippen LogP contribution in [-0.4, -0.2) is 24.0 Å². The highest BCUT2D eigenvalue weighted by Gasteiger charge is 1.95. The van der Waals surface area contributed by atoms with Crippen molar-refractivity contribution in [3.63, 3.8) is 0 Å². The number of carbonyl (C=O) groups excluding carboxylic acids is 1. The summed E-state index contributed by atoms with van der Waals surface area (Å²) in [5, 5.41) is 7.75. The van der Waals surface area contributed by atoms with Gasteiger partial charge in [-0.05, 0) is 6.92 Å². The van der Waals surface area contributed by atoms with E-state index in [0.29, 0.717) is 6.54 Å². The molecule has 0 bridgehead atoms. The molecule has 0 rings (SSSR count). The molecule has 0 amide bonds. The second-order valence-corrected chi connectivity index (χ2v) is 2.28. The smallest absolute Gasteiger partial charge is 0.132 e. The maximum Gasteiger partial charge on any atom is 0.132 e. The summed E-state index contributed by atoms with van der Waals surface area (Å²) in [6.45, 7) is 5.86. The van der Waals surface area contributed by atoms with Crippen molar-refractivity contribution in [3.8, 4) is 0 Å². The maximum atomic E-state index is 10.1. The van der Waals surface area contributed by atoms with Crippen LogP contribution in [0.4, 0.5) is 0 Å². The van der Waals surface area contributed by atoms with Crippen molar-refractivity contribution in [1.29, 1.82) is 0 Å². The Bertz CT molecular complexity index is 79.7. The van der Waals surface area contributed by atoms with E-state index in [1.807, 2.05) is 13.8 Å². The molecule has 0 aliphatic rings. The number of hydrogen-bond acceptors (Lipinski definition) is 3. The molecule has 3 nitrogen and oxygen atoms in total. The monoisotopic (exact) mass is 147 g/mol. The molecular formula is C7H17NO2. The van der Waals surface area contributed by atoms with Crippen LogP contribution in [0.2, 0.25) is 0 Å². The van der Waals surface area contributed by atoms with Crippen molar-refractivity contribution in [2.45, 2.75) is 20.8 Å². The molecular weight excluding hydrogens is 130 g/mol. The van der Waals surface area contributed by atoms with Crippen molar-refractivity contribution in [2.24, 2.45) is 11.7 Å². The summed E-state index contributed by atoms with van der Waals surface area (Å²) in [6.07, 6.45) is 0. The number of hydrogen-bond donors (Lipinski definition) is 2. The topological polar surface area (TPSA) is 63.3 Å². The van der Waals surface area contributed by atoms with E-state index in [1.54, 1.807) is 6.92 Å². The summed E-state index contributed by atoms with van der Waals surface area (Å²) in [7, 11) is 0. The molecule has 62 valence electrons. The number of aliphatic hydroxyl groups excluding tert-OH is 1. The van der Waals surface area contributed by atoms with Gasteiger partial charge in [0.2, 0.25) is 0 Å². The lowest BCUT2D eigenvalue weighted by molar-refractivity contribution is -0.119. The van der Waals surface area contributed by atoms with Crippen LogP contribution in [0.3, 0.4) is 0 Å². The number of carbonyl (C=O) groups is 1. The van der Waals surface area contributed by atoms with Crippen LogP contribution in [0, 0.1) is 5.92 Å². The zero-order valence-electron chi connectivity index (χ0n) is 6.92. The average Bonchev–Trinajstić information content (AvgIpc) is 1.89. The minimum atomic E-state index is 0.0972. The summed E-state index contributed by atoms with van der Waals surface area (Å²) < 4.78 is 0. The van der Waals surface area contributed by atoms with Gasteiger partial charge >= 0.3 is 0 Å². The number of nitrogens with two attached hydrogens (primary N) is 1. The van der Waals surface area contributed by atoms with E-state index < -0.39 is 0 Å². The molecule has 0 aromatic carbocycles. The Morgan fingerprint density at radius 3 is 1.80 bits per heavy atom. The maximum absolute atomic E-state index is 10.1. The van der Waals surface area contributed by atoms with Gasteiger partial charge in [-0.2, -0.15) is 0 Å². The third kappa shape index (κ3) is 15.6. The highest BCUT2D eigenvalue weighted by Crippen LogP contribution is 1.89. The predicted octanol–water partition coefficient (Wildman–Crippen LogP) is 0.169. The summed E-state index contributed by atoms with van der Waals surface area (Å²) >= 11 is 0. The van der Waals surface area contributed by atoms with Crippen LogP contribution >= 0.6 is 0 Å². The van der Waals surface area contributed by atoms with Gasteiger partial charge < -0.3 is 10.8 Å². The summed E-state index contributed by atoms with van der Waals surface area (Å²) in [5.74, 6) is 0.472. The van der Waals surface area contributed by atoms with Gasteiger partial charge in [0, 0.05) is 12.5 Å². The Morgan fingerprint density at radius 2 is 1.80 bits per heavy atom. The fourth-order valence-corrected chi connectivity index (χ4v) is 0. The van der Waals surface area contributed by atoms with Crippen LogP contribution in [0.25, 0.3) is 0 Å². The van der Waals surface area contributed by atoms with Crippen molar-refractivity contribution in [1.82, 2.24) is 0 Å². The molecule has 0 radical (unpaired) electrons. The van der Waals surface area contributed by atoms with E-state index in [9.17, 15) is 4.79 Å². The molecule has 0 saturated carbocycles. The number of rotatable bonds is 2. The molecule has 0 aromatic heterocycles. The summed E-state index contributed by atoms with van der Waals surface area (Å²) in [5.41, 5.74) is 4.78. The van der Waals surface area contributed by atoms with Crippen molar-refractivity contribution in [3.05, 3.63) is 0 Å². The largest absolute Gasteiger partial charge is 0.395 e. The number of ketones is 1. The van der Waals surface area contributed by atoms with E-state index in [-0.39, 0.29) is 18.3 Å². The molecule has 3 heteroatoms. The predicted molar refractivity (Wildman–Crippen MR) is 41.7 cm³/mol. The minimum absolute atomic E-state index is 0.0972. The van der Waals surface area contributed by atoms with Gasteiger partial charge in [0.15, 0.2) is 0 Å². The quantitative estimate of drug-likeness (QED) is 0.585. The zero-order chi connectivity index (χ0) is 8.57. The summed E-state index contributed by atoms with van der Waals surface area (Å²) in [4.78, 5) is 10.1. The first-order valence-electron chi connectivity index (χ1n) is 3.37. The van der Waals surface area contributed by atoms with Gasteiger partial charge in [0.05, 0.1) is 6.61 Å². The fraction of sp³-hybridized carbons (Fsp3) is 0.857. The Kier molecular flexibility index (Phi) is 10.6. The first-order valence-corrected chi connectivity index (χ1v) is 3.37. The van der Waals surface area contributed by atoms with E-state index >= 15 is 0 Å². The lowest BCUT2D eigenvalue weighted by Crippen LogP contribution is -2.02. The molecule has 3 N–H and O–H groups in total. The van der Waals surface area contributed by atoms with E-state index in [1.165, 1.54) is 0 Å². The molecule has 10 heavy (non-hydrogen) atoms. The molecule has 0 atom stereocenters. The molecule has 0 spiro atoms. The Labute approximate surface area is 62.2 Å². The van der Waals surface area contributed by atoms with Gasteiger partial charge in [-0.25, -0.2) is 0 Å². The van der Waals surface area contributed by atoms with Crippen LogP contribution < -0.4 is 5.73 Å². The molecule has 0 heterocycles. The van der Waals surface area contributed by atoms with Gasteiger partial charge in [-0.3, -0.25) is 4.79 Å². The van der Waals surface area contributed by atoms with E-state index in [2.05, 4.69) is 0 Å². The highest BCUT2D eigenvalue weighted by atomic mass is 16.3. The van der Waals surface area contributed by atoms with Crippen LogP contribution in [-0.2, 0) is 4.79 Å². The molecule has 0 fully saturated rings. The minimum Gasteiger partial charge on any atom is -0.395 e. The lowest BCUT2D eigenvalue weighted by atomic mass is 10.1. The van der Waals surface area contributed by atoms with Crippen molar-refractivity contribution in [2.75, 3.05) is 13.2 Å². The van der Waals surface area contributed by atoms with Crippen LogP contribution in [0.1, 0.15) is 20.8 Å². The van der Waals surface area contributed by atoms with Gasteiger partial charge in [-0.1, -0.05) is 13.8 Å². The van der Waals surface area contributed by atoms with Crippen LogP contribution in [0.15, 0.2) is 0 Å². The molecule has 0 aliphatic heterocycles. The molecule has 0 aliphatic carbocycles. The number of Topliss-reactive ketones (excluding diaryl/α,β-unsaturated/α-hetero) is 1. The zero-order valence-corrected chi connectivity index (χ0v) is 6.92. The normalized spacial score (nSPS) is 8.60. The molecule has 0 unspecified atom stereocenters. The Hall–Kier alpha value is -0.410. The van der Waals surface area contributed by atoms with E-state index in [4.69, 9.17) is 10.8 Å². The Balaban J connectivity index is 0. The lowest BCUT2D eigenvalue weighted by Gasteiger charge is -1.90. The summed E-state index contributed by atoms with van der Waals surface area (Å²) in [6, 6.07) is 0. The van der Waals surface area contributed by atoms with E-state index in [0.717, 1.165) is 0 Å². The fourth-order valence-electron chi connectivity index (χ4n) is 0. The molecule has 0 aromatic rings. The number of aliphatic hydroxyl groups is 1. The SMILES string of the molecule is CC(=O)C(C)C.NCCO. The first-order chi connectivity index (χ1) is 4.56. The highest BCUT2D eigenvalue weighted by molar-refractivity contribution is 5.77. The third-order valence-electron chi connectivity index (χ3n) is 0.942. The average molecular weight is 147 g/mol. The second-order valence-electron chi connectivity index (χ2n) is 2.28. The first kappa shape index (κ1) is 12.3. The van der Waals surface area contributed by atoms with Gasteiger partial charge in [-0.15, -0.1) is 0 Å². The molecule has 0 saturated heterocycles. The van der Waals surface area contributed by atoms with Crippen molar-refractivity contribution < 1.29 is 9.90 Å². The third-order valence-corrected chi connectivity index (χ3v) is 0.942. The van der Waals surface area contributed by atoms with Crippen molar-refractivity contribution >= 4 is 5.78 Å². The standard InChI is InChI=1S/C5H10O.C2H7NO/c1-4(2)5(3)6;3-1-2-4/h4H,1-3H3;4H,1-3H2. The van der Waals surface area contributed by atoms with Crippen LogP contribution in [0.5, 0.6) is 0 Å². The van der Waals surface area contributed by atoms with Gasteiger partial charge in [0.25, 0.3) is 0 Å². The van der Waals surface area contributed by atoms with Gasteiger partial charge in [0.1, 0.15) is 5.78 Å². The second kappa shape index (κ2) is 8.59.